The largest absolute Gasteiger partial charge is 0.491 e. The summed E-state index contributed by atoms with van der Waals surface area (Å²) in [6, 6.07) is 8.25. The van der Waals surface area contributed by atoms with E-state index in [0.29, 0.717) is 0 Å². The zero-order chi connectivity index (χ0) is 17.7. The lowest BCUT2D eigenvalue weighted by Gasteiger charge is -2.09. The van der Waals surface area contributed by atoms with Gasteiger partial charge in [-0.15, -0.1) is 0 Å². The molecule has 2 rings (SSSR count). The van der Waals surface area contributed by atoms with Gasteiger partial charge in [-0.1, -0.05) is 18.2 Å². The zero-order valence-electron chi connectivity index (χ0n) is 13.2. The van der Waals surface area contributed by atoms with Crippen LogP contribution in [0.15, 0.2) is 36.5 Å². The molecule has 0 spiro atoms. The molecule has 0 amide bonds. The van der Waals surface area contributed by atoms with Gasteiger partial charge < -0.3 is 9.84 Å². The fraction of sp³-hybridized carbons (Fsp3) is 0.176. The van der Waals surface area contributed by atoms with Gasteiger partial charge in [0.05, 0.1) is 22.3 Å². The van der Waals surface area contributed by atoms with Gasteiger partial charge >= 0.3 is 5.97 Å². The molecule has 24 heavy (non-hydrogen) atoms. The van der Waals surface area contributed by atoms with Crippen molar-refractivity contribution in [2.75, 3.05) is 0 Å². The molecule has 7 nitrogen and oxygen atoms in total. The number of pyridine rings is 1. The molecule has 0 unspecified atom stereocenters. The van der Waals surface area contributed by atoms with E-state index in [0.717, 1.165) is 23.6 Å². The van der Waals surface area contributed by atoms with Crippen LogP contribution in [0.5, 0.6) is 5.75 Å². The van der Waals surface area contributed by atoms with E-state index in [-0.39, 0.29) is 23.0 Å². The number of rotatable bonds is 6. The second kappa shape index (κ2) is 7.36. The van der Waals surface area contributed by atoms with Crippen LogP contribution in [0.1, 0.15) is 35.5 Å². The van der Waals surface area contributed by atoms with Crippen molar-refractivity contribution in [3.63, 3.8) is 0 Å². The summed E-state index contributed by atoms with van der Waals surface area (Å²) in [5.41, 5.74) is 0.387. The Kier molecular flexibility index (Phi) is 5.26. The number of carbonyl (C=O) groups is 1. The lowest BCUT2D eigenvalue weighted by Crippen LogP contribution is -2.05. The first-order chi connectivity index (χ1) is 11.4. The minimum absolute atomic E-state index is 0.0776. The molecule has 0 saturated carbocycles. The molecule has 0 bridgehead atoms. The summed E-state index contributed by atoms with van der Waals surface area (Å²) in [6.45, 7) is 3.86. The summed E-state index contributed by atoms with van der Waals surface area (Å²) in [5, 5.41) is 19.9. The normalized spacial score (nSPS) is 11.0. The number of hydrogen-bond acceptors (Lipinski definition) is 5. The number of nitro groups is 1. The maximum Gasteiger partial charge on any atom is 0.338 e. The Morgan fingerprint density at radius 1 is 1.29 bits per heavy atom. The SMILES string of the molecule is CC(C)Oc1ccc(C=Cc2ncc([N+](=O)[O-])cc2C(=O)O)cc1. The molecule has 1 aromatic carbocycles. The van der Waals surface area contributed by atoms with Crippen molar-refractivity contribution in [1.29, 1.82) is 0 Å². The van der Waals surface area contributed by atoms with Crippen LogP contribution in [0.4, 0.5) is 5.69 Å². The second-order valence-corrected chi connectivity index (χ2v) is 5.26. The lowest BCUT2D eigenvalue weighted by molar-refractivity contribution is -0.385. The van der Waals surface area contributed by atoms with E-state index in [1.807, 2.05) is 26.0 Å². The fourth-order valence-electron chi connectivity index (χ4n) is 1.97. The predicted octanol–water partition coefficient (Wildman–Crippen LogP) is 3.65. The van der Waals surface area contributed by atoms with Gasteiger partial charge in [0.25, 0.3) is 5.69 Å². The number of carboxylic acids is 1. The fourth-order valence-corrected chi connectivity index (χ4v) is 1.97. The molecule has 1 heterocycles. The lowest BCUT2D eigenvalue weighted by atomic mass is 10.1. The molecule has 2 aromatic rings. The van der Waals surface area contributed by atoms with Crippen LogP contribution >= 0.6 is 0 Å². The molecule has 0 aliphatic carbocycles. The van der Waals surface area contributed by atoms with E-state index in [1.165, 1.54) is 6.08 Å². The highest BCUT2D eigenvalue weighted by Gasteiger charge is 2.15. The Morgan fingerprint density at radius 2 is 1.96 bits per heavy atom. The Labute approximate surface area is 138 Å². The molecule has 0 saturated heterocycles. The smallest absolute Gasteiger partial charge is 0.338 e. The van der Waals surface area contributed by atoms with Gasteiger partial charge in [-0.05, 0) is 37.6 Å². The van der Waals surface area contributed by atoms with Gasteiger partial charge in [-0.2, -0.15) is 0 Å². The molecule has 0 radical (unpaired) electrons. The van der Waals surface area contributed by atoms with E-state index in [4.69, 9.17) is 4.74 Å². The van der Waals surface area contributed by atoms with E-state index < -0.39 is 10.9 Å². The van der Waals surface area contributed by atoms with Crippen molar-refractivity contribution in [1.82, 2.24) is 4.98 Å². The van der Waals surface area contributed by atoms with E-state index in [2.05, 4.69) is 4.98 Å². The van der Waals surface area contributed by atoms with Crippen LogP contribution in [0.25, 0.3) is 12.2 Å². The number of aromatic nitrogens is 1. The van der Waals surface area contributed by atoms with Gasteiger partial charge in [0, 0.05) is 6.07 Å². The van der Waals surface area contributed by atoms with Crippen molar-refractivity contribution in [3.8, 4) is 5.75 Å². The van der Waals surface area contributed by atoms with Crippen LogP contribution in [-0.4, -0.2) is 27.1 Å². The second-order valence-electron chi connectivity index (χ2n) is 5.26. The number of aromatic carboxylic acids is 1. The van der Waals surface area contributed by atoms with Gasteiger partial charge in [-0.3, -0.25) is 10.1 Å². The average molecular weight is 328 g/mol. The monoisotopic (exact) mass is 328 g/mol. The third-order valence-corrected chi connectivity index (χ3v) is 3.03. The van der Waals surface area contributed by atoms with Crippen LogP contribution in [-0.2, 0) is 0 Å². The van der Waals surface area contributed by atoms with Gasteiger partial charge in [0.15, 0.2) is 0 Å². The summed E-state index contributed by atoms with van der Waals surface area (Å²) in [5.74, 6) is -0.534. The summed E-state index contributed by atoms with van der Waals surface area (Å²) in [4.78, 5) is 25.1. The van der Waals surface area contributed by atoms with Crippen molar-refractivity contribution in [2.24, 2.45) is 0 Å². The predicted molar refractivity (Wildman–Crippen MR) is 89.0 cm³/mol. The third-order valence-electron chi connectivity index (χ3n) is 3.03. The number of nitrogens with zero attached hydrogens (tertiary/aromatic N) is 2. The number of carboxylic acid groups (broad SMARTS) is 1. The highest BCUT2D eigenvalue weighted by Crippen LogP contribution is 2.19. The third kappa shape index (κ3) is 4.39. The van der Waals surface area contributed by atoms with Crippen LogP contribution < -0.4 is 4.74 Å². The van der Waals surface area contributed by atoms with Crippen molar-refractivity contribution >= 4 is 23.8 Å². The molecule has 1 aromatic heterocycles. The molecular weight excluding hydrogens is 312 g/mol. The minimum atomic E-state index is -1.27. The number of benzene rings is 1. The van der Waals surface area contributed by atoms with Crippen LogP contribution in [0, 0.1) is 10.1 Å². The molecule has 0 aliphatic heterocycles. The first-order valence-corrected chi connectivity index (χ1v) is 7.19. The summed E-state index contributed by atoms with van der Waals surface area (Å²) in [6.07, 6.45) is 4.30. The first-order valence-electron chi connectivity index (χ1n) is 7.19. The number of ether oxygens (including phenoxy) is 1. The van der Waals surface area contributed by atoms with Crippen molar-refractivity contribution < 1.29 is 19.6 Å². The van der Waals surface area contributed by atoms with Crippen molar-refractivity contribution in [3.05, 3.63) is 63.5 Å². The minimum Gasteiger partial charge on any atom is -0.491 e. The summed E-state index contributed by atoms with van der Waals surface area (Å²) < 4.78 is 5.54. The molecule has 0 fully saturated rings. The molecule has 124 valence electrons. The van der Waals surface area contributed by atoms with Gasteiger partial charge in [-0.25, -0.2) is 9.78 Å². The molecular formula is C17H16N2O5. The topological polar surface area (TPSA) is 103 Å². The first kappa shape index (κ1) is 17.1. The van der Waals surface area contributed by atoms with Crippen LogP contribution in [0.3, 0.4) is 0 Å². The van der Waals surface area contributed by atoms with Gasteiger partial charge in [0.1, 0.15) is 11.9 Å². The van der Waals surface area contributed by atoms with E-state index in [9.17, 15) is 20.0 Å². The van der Waals surface area contributed by atoms with E-state index >= 15 is 0 Å². The molecule has 0 atom stereocenters. The number of hydrogen-bond donors (Lipinski definition) is 1. The molecule has 7 heteroatoms. The Hall–Kier alpha value is -3.22. The average Bonchev–Trinajstić information content (AvgIpc) is 2.53. The zero-order valence-corrected chi connectivity index (χ0v) is 13.2. The Balaban J connectivity index is 2.25. The maximum atomic E-state index is 11.2. The molecule has 0 aliphatic rings. The van der Waals surface area contributed by atoms with Crippen LogP contribution in [0.2, 0.25) is 0 Å². The van der Waals surface area contributed by atoms with E-state index in [1.54, 1.807) is 18.2 Å². The quantitative estimate of drug-likeness (QED) is 0.641. The summed E-state index contributed by atoms with van der Waals surface area (Å²) >= 11 is 0. The van der Waals surface area contributed by atoms with Crippen molar-refractivity contribution in [2.45, 2.75) is 20.0 Å². The highest BCUT2D eigenvalue weighted by molar-refractivity contribution is 5.93. The maximum absolute atomic E-state index is 11.2. The molecule has 1 N–H and O–H groups in total. The standard InChI is InChI=1S/C17H16N2O5/c1-11(2)24-14-6-3-12(4-7-14)5-8-16-15(17(20)21)9-13(10-18-16)19(22)23/h3-11H,1-2H3,(H,20,21). The Morgan fingerprint density at radius 3 is 2.50 bits per heavy atom. The van der Waals surface area contributed by atoms with Gasteiger partial charge in [0.2, 0.25) is 0 Å². The highest BCUT2D eigenvalue weighted by atomic mass is 16.6. The Bertz CT molecular complexity index is 782. The summed E-state index contributed by atoms with van der Waals surface area (Å²) in [7, 11) is 0.